The maximum Gasteiger partial charge on any atom is 0.224 e. The van der Waals surface area contributed by atoms with E-state index in [1.807, 2.05) is 0 Å². The Morgan fingerprint density at radius 2 is 2.24 bits per heavy atom. The molecule has 0 bridgehead atoms. The molecular weight excluding hydrogens is 220 g/mol. The van der Waals surface area contributed by atoms with Crippen LogP contribution in [-0.2, 0) is 9.59 Å². The number of carbonyl (C=O) groups is 2. The van der Waals surface area contributed by atoms with Crippen molar-refractivity contribution in [2.45, 2.75) is 38.2 Å². The summed E-state index contributed by atoms with van der Waals surface area (Å²) in [4.78, 5) is 22.8. The molecule has 3 unspecified atom stereocenters. The van der Waals surface area contributed by atoms with Crippen LogP contribution in [-0.4, -0.2) is 36.1 Å². The average molecular weight is 240 g/mol. The summed E-state index contributed by atoms with van der Waals surface area (Å²) in [6.07, 6.45) is 3.68. The van der Waals surface area contributed by atoms with Crippen molar-refractivity contribution in [1.29, 1.82) is 0 Å². The lowest BCUT2D eigenvalue weighted by atomic mass is 9.98. The molecule has 0 aromatic rings. The standard InChI is InChI=1S/C12H20N2O3/c15-10-3-1-2-8(10)6-14-12(17)9-4-5-11(16)13-7-9/h8-10,15H,1-7H2,(H,13,16)(H,14,17). The van der Waals surface area contributed by atoms with Gasteiger partial charge in [-0.25, -0.2) is 0 Å². The summed E-state index contributed by atoms with van der Waals surface area (Å²) >= 11 is 0. The smallest absolute Gasteiger partial charge is 0.224 e. The molecule has 1 heterocycles. The Morgan fingerprint density at radius 3 is 2.82 bits per heavy atom. The van der Waals surface area contributed by atoms with E-state index < -0.39 is 0 Å². The maximum absolute atomic E-state index is 11.8. The van der Waals surface area contributed by atoms with Gasteiger partial charge in [-0.1, -0.05) is 6.42 Å². The fourth-order valence-corrected chi connectivity index (χ4v) is 2.59. The summed E-state index contributed by atoms with van der Waals surface area (Å²) in [5.41, 5.74) is 0. The minimum absolute atomic E-state index is 0.00380. The number of hydrogen-bond acceptors (Lipinski definition) is 3. The normalized spacial score (nSPS) is 33.2. The highest BCUT2D eigenvalue weighted by Gasteiger charge is 2.28. The second-order valence-electron chi connectivity index (χ2n) is 5.04. The number of aliphatic hydroxyl groups excluding tert-OH is 1. The minimum atomic E-state index is -0.263. The van der Waals surface area contributed by atoms with Crippen molar-refractivity contribution in [2.24, 2.45) is 11.8 Å². The van der Waals surface area contributed by atoms with Gasteiger partial charge >= 0.3 is 0 Å². The topological polar surface area (TPSA) is 78.4 Å². The van der Waals surface area contributed by atoms with Gasteiger partial charge in [0.25, 0.3) is 0 Å². The molecule has 0 spiro atoms. The predicted octanol–water partition coefficient (Wildman–Crippen LogP) is -0.210. The number of piperidine rings is 1. The summed E-state index contributed by atoms with van der Waals surface area (Å²) < 4.78 is 0. The largest absolute Gasteiger partial charge is 0.393 e. The molecule has 2 fully saturated rings. The molecule has 0 aromatic heterocycles. The zero-order valence-corrected chi connectivity index (χ0v) is 9.95. The van der Waals surface area contributed by atoms with E-state index >= 15 is 0 Å². The van der Waals surface area contributed by atoms with Crippen molar-refractivity contribution < 1.29 is 14.7 Å². The molecule has 0 aromatic carbocycles. The van der Waals surface area contributed by atoms with Crippen LogP contribution >= 0.6 is 0 Å². The molecule has 3 atom stereocenters. The van der Waals surface area contributed by atoms with Gasteiger partial charge in [-0.3, -0.25) is 9.59 Å². The van der Waals surface area contributed by atoms with Gasteiger partial charge in [0, 0.05) is 25.4 Å². The van der Waals surface area contributed by atoms with Crippen LogP contribution in [0.3, 0.4) is 0 Å². The van der Waals surface area contributed by atoms with E-state index in [0.717, 1.165) is 19.3 Å². The first-order valence-corrected chi connectivity index (χ1v) is 6.39. The molecule has 0 radical (unpaired) electrons. The van der Waals surface area contributed by atoms with Crippen LogP contribution in [0.25, 0.3) is 0 Å². The minimum Gasteiger partial charge on any atom is -0.393 e. The SMILES string of the molecule is O=C1CCC(C(=O)NCC2CCCC2O)CN1. The molecule has 5 nitrogen and oxygen atoms in total. The highest BCUT2D eigenvalue weighted by molar-refractivity contribution is 5.83. The number of nitrogens with one attached hydrogen (secondary N) is 2. The van der Waals surface area contributed by atoms with Crippen molar-refractivity contribution in [1.82, 2.24) is 10.6 Å². The van der Waals surface area contributed by atoms with Gasteiger partial charge < -0.3 is 15.7 Å². The first kappa shape index (κ1) is 12.4. The fourth-order valence-electron chi connectivity index (χ4n) is 2.59. The van der Waals surface area contributed by atoms with Gasteiger partial charge in [-0.05, 0) is 19.3 Å². The zero-order chi connectivity index (χ0) is 12.3. The van der Waals surface area contributed by atoms with Crippen LogP contribution in [0.2, 0.25) is 0 Å². The number of aliphatic hydroxyl groups is 1. The first-order valence-electron chi connectivity index (χ1n) is 6.39. The molecule has 1 aliphatic heterocycles. The molecule has 2 aliphatic rings. The Labute approximate surface area is 101 Å². The van der Waals surface area contributed by atoms with E-state index in [2.05, 4.69) is 10.6 Å². The van der Waals surface area contributed by atoms with E-state index in [-0.39, 0.29) is 29.8 Å². The third-order valence-electron chi connectivity index (χ3n) is 3.79. The van der Waals surface area contributed by atoms with Crippen molar-refractivity contribution in [3.05, 3.63) is 0 Å². The quantitative estimate of drug-likeness (QED) is 0.638. The van der Waals surface area contributed by atoms with Crippen LogP contribution < -0.4 is 10.6 Å². The number of amides is 2. The van der Waals surface area contributed by atoms with Gasteiger partial charge in [0.15, 0.2) is 0 Å². The average Bonchev–Trinajstić information content (AvgIpc) is 2.73. The van der Waals surface area contributed by atoms with Gasteiger partial charge in [0.05, 0.1) is 12.0 Å². The van der Waals surface area contributed by atoms with E-state index in [0.29, 0.717) is 25.9 Å². The molecule has 5 heteroatoms. The molecule has 3 N–H and O–H groups in total. The highest BCUT2D eigenvalue weighted by atomic mass is 16.3. The van der Waals surface area contributed by atoms with E-state index in [9.17, 15) is 14.7 Å². The fraction of sp³-hybridized carbons (Fsp3) is 0.833. The van der Waals surface area contributed by atoms with E-state index in [4.69, 9.17) is 0 Å². The van der Waals surface area contributed by atoms with Gasteiger partial charge in [-0.2, -0.15) is 0 Å². The zero-order valence-electron chi connectivity index (χ0n) is 9.95. The summed E-state index contributed by atoms with van der Waals surface area (Å²) in [7, 11) is 0. The molecule has 2 amide bonds. The van der Waals surface area contributed by atoms with Crippen LogP contribution in [0.4, 0.5) is 0 Å². The summed E-state index contributed by atoms with van der Waals surface area (Å²) in [6, 6.07) is 0. The molecule has 1 saturated heterocycles. The second kappa shape index (κ2) is 5.49. The number of rotatable bonds is 3. The number of carbonyl (C=O) groups excluding carboxylic acids is 2. The van der Waals surface area contributed by atoms with Gasteiger partial charge in [0.2, 0.25) is 11.8 Å². The van der Waals surface area contributed by atoms with Crippen molar-refractivity contribution >= 4 is 11.8 Å². The number of hydrogen-bond donors (Lipinski definition) is 3. The first-order chi connectivity index (χ1) is 8.16. The van der Waals surface area contributed by atoms with Crippen molar-refractivity contribution in [3.8, 4) is 0 Å². The second-order valence-corrected chi connectivity index (χ2v) is 5.04. The summed E-state index contributed by atoms with van der Waals surface area (Å²) in [6.45, 7) is 1.00. The highest BCUT2D eigenvalue weighted by Crippen LogP contribution is 2.24. The predicted molar refractivity (Wildman–Crippen MR) is 62.1 cm³/mol. The molecular formula is C12H20N2O3. The summed E-state index contributed by atoms with van der Waals surface area (Å²) in [5.74, 6) is 0.132. The Kier molecular flexibility index (Phi) is 3.99. The monoisotopic (exact) mass is 240 g/mol. The third-order valence-corrected chi connectivity index (χ3v) is 3.79. The lowest BCUT2D eigenvalue weighted by Gasteiger charge is -2.23. The Hall–Kier alpha value is -1.10. The van der Waals surface area contributed by atoms with Gasteiger partial charge in [0.1, 0.15) is 0 Å². The van der Waals surface area contributed by atoms with Crippen molar-refractivity contribution in [2.75, 3.05) is 13.1 Å². The van der Waals surface area contributed by atoms with Crippen LogP contribution in [0, 0.1) is 11.8 Å². The van der Waals surface area contributed by atoms with E-state index in [1.165, 1.54) is 0 Å². The van der Waals surface area contributed by atoms with Crippen molar-refractivity contribution in [3.63, 3.8) is 0 Å². The van der Waals surface area contributed by atoms with Crippen LogP contribution in [0.1, 0.15) is 32.1 Å². The molecule has 1 aliphatic carbocycles. The van der Waals surface area contributed by atoms with Crippen LogP contribution in [0.5, 0.6) is 0 Å². The summed E-state index contributed by atoms with van der Waals surface area (Å²) in [5, 5.41) is 15.2. The van der Waals surface area contributed by atoms with Gasteiger partial charge in [-0.15, -0.1) is 0 Å². The lowest BCUT2D eigenvalue weighted by Crippen LogP contribution is -2.44. The molecule has 17 heavy (non-hydrogen) atoms. The Morgan fingerprint density at radius 1 is 1.41 bits per heavy atom. The Balaban J connectivity index is 1.71. The third kappa shape index (κ3) is 3.19. The Bertz CT molecular complexity index is 296. The maximum atomic E-state index is 11.8. The molecule has 2 rings (SSSR count). The molecule has 1 saturated carbocycles. The molecule has 96 valence electrons. The van der Waals surface area contributed by atoms with E-state index in [1.54, 1.807) is 0 Å². The lowest BCUT2D eigenvalue weighted by molar-refractivity contribution is -0.129. The van der Waals surface area contributed by atoms with Crippen LogP contribution in [0.15, 0.2) is 0 Å².